The SMILES string of the molecule is COc1cccc(-n2ccnc2SCC(=O)c2cn(CCC#N)c3ccccc23)c1. The number of imidazole rings is 1. The second-order valence-electron chi connectivity index (χ2n) is 6.65. The standard InChI is InChI=1S/C23H20N4O2S/c1-29-18-7-4-6-17(14-18)27-13-11-25-23(27)30-16-22(28)20-15-26(12-5-10-24)21-9-3-2-8-19(20)21/h2-4,6-9,11,13-15H,5,12,16H2,1H3. The topological polar surface area (TPSA) is 72.8 Å². The number of fused-ring (bicyclic) bond motifs is 1. The number of methoxy groups -OCH3 is 1. The molecule has 0 amide bonds. The largest absolute Gasteiger partial charge is 0.497 e. The van der Waals surface area contributed by atoms with E-state index in [2.05, 4.69) is 11.1 Å². The molecule has 0 aliphatic rings. The van der Waals surface area contributed by atoms with E-state index in [0.29, 0.717) is 18.5 Å². The first kappa shape index (κ1) is 19.8. The van der Waals surface area contributed by atoms with Crippen LogP contribution in [0.5, 0.6) is 5.75 Å². The Morgan fingerprint density at radius 2 is 2.10 bits per heavy atom. The number of aryl methyl sites for hydroxylation is 1. The van der Waals surface area contributed by atoms with Crippen LogP contribution in [-0.2, 0) is 6.54 Å². The molecule has 7 heteroatoms. The summed E-state index contributed by atoms with van der Waals surface area (Å²) in [4.78, 5) is 17.4. The van der Waals surface area contributed by atoms with Crippen LogP contribution in [0, 0.1) is 11.3 Å². The number of nitriles is 1. The Hall–Kier alpha value is -3.50. The highest BCUT2D eigenvalue weighted by atomic mass is 32.2. The molecule has 0 radical (unpaired) electrons. The van der Waals surface area contributed by atoms with Crippen molar-refractivity contribution in [3.8, 4) is 17.5 Å². The molecule has 0 atom stereocenters. The Bertz CT molecular complexity index is 1240. The minimum Gasteiger partial charge on any atom is -0.497 e. The molecule has 0 bridgehead atoms. The maximum atomic E-state index is 13.0. The van der Waals surface area contributed by atoms with E-state index in [9.17, 15) is 4.79 Å². The lowest BCUT2D eigenvalue weighted by Gasteiger charge is -2.08. The summed E-state index contributed by atoms with van der Waals surface area (Å²) in [5.74, 6) is 1.07. The van der Waals surface area contributed by atoms with Gasteiger partial charge in [-0.1, -0.05) is 36.0 Å². The van der Waals surface area contributed by atoms with E-state index in [1.54, 1.807) is 13.3 Å². The molecule has 0 aliphatic carbocycles. The fraction of sp³-hybridized carbons (Fsp3) is 0.174. The van der Waals surface area contributed by atoms with Gasteiger partial charge in [0.25, 0.3) is 0 Å². The van der Waals surface area contributed by atoms with Crippen LogP contribution in [0.3, 0.4) is 0 Å². The number of carbonyl (C=O) groups is 1. The van der Waals surface area contributed by atoms with Gasteiger partial charge in [-0.2, -0.15) is 5.26 Å². The van der Waals surface area contributed by atoms with Gasteiger partial charge in [0.1, 0.15) is 5.75 Å². The number of aromatic nitrogens is 3. The van der Waals surface area contributed by atoms with Crippen molar-refractivity contribution < 1.29 is 9.53 Å². The van der Waals surface area contributed by atoms with Crippen molar-refractivity contribution in [2.75, 3.05) is 12.9 Å². The highest BCUT2D eigenvalue weighted by Crippen LogP contribution is 2.27. The number of hydrogen-bond acceptors (Lipinski definition) is 5. The highest BCUT2D eigenvalue weighted by molar-refractivity contribution is 7.99. The maximum absolute atomic E-state index is 13.0. The number of Topliss-reactive ketones (excluding diaryl/α,β-unsaturated/α-hetero) is 1. The van der Waals surface area contributed by atoms with Crippen LogP contribution >= 0.6 is 11.8 Å². The predicted molar refractivity (Wildman–Crippen MR) is 117 cm³/mol. The lowest BCUT2D eigenvalue weighted by molar-refractivity contribution is 0.102. The summed E-state index contributed by atoms with van der Waals surface area (Å²) >= 11 is 1.40. The summed E-state index contributed by atoms with van der Waals surface area (Å²) in [5, 5.41) is 10.6. The van der Waals surface area contributed by atoms with E-state index < -0.39 is 0 Å². The molecular formula is C23H20N4O2S. The number of carbonyl (C=O) groups excluding carboxylic acids is 1. The molecule has 2 aromatic carbocycles. The molecule has 0 saturated heterocycles. The molecule has 150 valence electrons. The van der Waals surface area contributed by atoms with Gasteiger partial charge in [0, 0.05) is 47.7 Å². The number of para-hydroxylation sites is 1. The van der Waals surface area contributed by atoms with Crippen LogP contribution < -0.4 is 4.74 Å². The van der Waals surface area contributed by atoms with Crippen LogP contribution in [0.1, 0.15) is 16.8 Å². The Balaban J connectivity index is 1.55. The van der Waals surface area contributed by atoms with Crippen LogP contribution in [0.4, 0.5) is 0 Å². The average Bonchev–Trinajstić information content (AvgIpc) is 3.41. The fourth-order valence-corrected chi connectivity index (χ4v) is 4.24. The molecule has 0 unspecified atom stereocenters. The number of nitrogens with zero attached hydrogens (tertiary/aromatic N) is 4. The Morgan fingerprint density at radius 3 is 2.93 bits per heavy atom. The van der Waals surface area contributed by atoms with Crippen molar-refractivity contribution in [3.05, 3.63) is 72.7 Å². The van der Waals surface area contributed by atoms with Crippen LogP contribution in [-0.4, -0.2) is 32.8 Å². The molecular weight excluding hydrogens is 396 g/mol. The molecule has 6 nitrogen and oxygen atoms in total. The molecule has 0 N–H and O–H groups in total. The van der Waals surface area contributed by atoms with Crippen molar-refractivity contribution in [2.24, 2.45) is 0 Å². The molecule has 0 saturated carbocycles. The zero-order valence-corrected chi connectivity index (χ0v) is 17.3. The average molecular weight is 417 g/mol. The molecule has 2 aromatic heterocycles. The van der Waals surface area contributed by atoms with E-state index >= 15 is 0 Å². The van der Waals surface area contributed by atoms with Gasteiger partial charge in [0.15, 0.2) is 10.9 Å². The first-order chi connectivity index (χ1) is 14.7. The summed E-state index contributed by atoms with van der Waals surface area (Å²) in [6, 6.07) is 17.7. The minimum atomic E-state index is 0.0344. The summed E-state index contributed by atoms with van der Waals surface area (Å²) in [6.07, 6.45) is 5.86. The third kappa shape index (κ3) is 3.95. The van der Waals surface area contributed by atoms with E-state index in [1.807, 2.05) is 70.1 Å². The summed E-state index contributed by atoms with van der Waals surface area (Å²) in [5.41, 5.74) is 2.57. The highest BCUT2D eigenvalue weighted by Gasteiger charge is 2.16. The number of benzene rings is 2. The molecule has 30 heavy (non-hydrogen) atoms. The number of hydrogen-bond donors (Lipinski definition) is 0. The molecule has 0 aliphatic heterocycles. The van der Waals surface area contributed by atoms with Gasteiger partial charge >= 0.3 is 0 Å². The van der Waals surface area contributed by atoms with E-state index in [-0.39, 0.29) is 11.5 Å². The van der Waals surface area contributed by atoms with Gasteiger partial charge in [-0.25, -0.2) is 4.98 Å². The first-order valence-electron chi connectivity index (χ1n) is 9.50. The van der Waals surface area contributed by atoms with Gasteiger partial charge in [-0.15, -0.1) is 0 Å². The maximum Gasteiger partial charge on any atom is 0.175 e. The van der Waals surface area contributed by atoms with Gasteiger partial charge in [-0.05, 0) is 18.2 Å². The third-order valence-corrected chi connectivity index (χ3v) is 5.79. The molecule has 4 rings (SSSR count). The van der Waals surface area contributed by atoms with Crippen molar-refractivity contribution >= 4 is 28.4 Å². The third-order valence-electron chi connectivity index (χ3n) is 4.82. The second-order valence-corrected chi connectivity index (χ2v) is 7.60. The predicted octanol–water partition coefficient (Wildman–Crippen LogP) is 4.72. The van der Waals surface area contributed by atoms with Gasteiger partial charge in [0.05, 0.1) is 31.0 Å². The van der Waals surface area contributed by atoms with Crippen molar-refractivity contribution in [2.45, 2.75) is 18.1 Å². The second kappa shape index (κ2) is 8.89. The molecule has 0 fully saturated rings. The Labute approximate surface area is 178 Å². The van der Waals surface area contributed by atoms with E-state index in [0.717, 1.165) is 27.5 Å². The van der Waals surface area contributed by atoms with E-state index in [4.69, 9.17) is 10.00 Å². The zero-order valence-electron chi connectivity index (χ0n) is 16.5. The molecule has 4 aromatic rings. The lowest BCUT2D eigenvalue weighted by Crippen LogP contribution is -2.04. The van der Waals surface area contributed by atoms with Crippen molar-refractivity contribution in [1.29, 1.82) is 5.26 Å². The number of ketones is 1. The normalized spacial score (nSPS) is 10.8. The van der Waals surface area contributed by atoms with Crippen molar-refractivity contribution in [1.82, 2.24) is 14.1 Å². The van der Waals surface area contributed by atoms with Crippen molar-refractivity contribution in [3.63, 3.8) is 0 Å². The number of ether oxygens (including phenoxy) is 1. The van der Waals surface area contributed by atoms with Gasteiger partial charge in [0.2, 0.25) is 0 Å². The number of thioether (sulfide) groups is 1. The first-order valence-corrected chi connectivity index (χ1v) is 10.5. The lowest BCUT2D eigenvalue weighted by atomic mass is 10.1. The van der Waals surface area contributed by atoms with Gasteiger partial charge < -0.3 is 9.30 Å². The van der Waals surface area contributed by atoms with Crippen LogP contribution in [0.2, 0.25) is 0 Å². The summed E-state index contributed by atoms with van der Waals surface area (Å²) in [6.45, 7) is 0.567. The smallest absolute Gasteiger partial charge is 0.175 e. The summed E-state index contributed by atoms with van der Waals surface area (Å²) < 4.78 is 9.22. The fourth-order valence-electron chi connectivity index (χ4n) is 3.39. The quantitative estimate of drug-likeness (QED) is 0.307. The monoisotopic (exact) mass is 416 g/mol. The Morgan fingerprint density at radius 1 is 1.23 bits per heavy atom. The van der Waals surface area contributed by atoms with E-state index in [1.165, 1.54) is 11.8 Å². The minimum absolute atomic E-state index is 0.0344. The zero-order chi connectivity index (χ0) is 20.9. The van der Waals surface area contributed by atoms with Crippen LogP contribution in [0.15, 0.2) is 72.3 Å². The molecule has 0 spiro atoms. The summed E-state index contributed by atoms with van der Waals surface area (Å²) in [7, 11) is 1.63. The Kier molecular flexibility index (Phi) is 5.87. The molecule has 2 heterocycles. The number of rotatable bonds is 8. The van der Waals surface area contributed by atoms with Crippen LogP contribution in [0.25, 0.3) is 16.6 Å². The van der Waals surface area contributed by atoms with Gasteiger partial charge in [-0.3, -0.25) is 9.36 Å².